The highest BCUT2D eigenvalue weighted by atomic mass is 16.5. The minimum atomic E-state index is 0.146. The Kier molecular flexibility index (Phi) is 3.91. The lowest BCUT2D eigenvalue weighted by molar-refractivity contribution is 0.0997. The first kappa shape index (κ1) is 9.92. The fraction of sp³-hybridized carbons (Fsp3) is 1.00. The van der Waals surface area contributed by atoms with Crippen molar-refractivity contribution in [3.05, 3.63) is 0 Å². The molecule has 0 rings (SSSR count). The molecular formula is C8H19NO. The predicted octanol–water partition coefficient (Wildman–Crippen LogP) is 1.40. The Balaban J connectivity index is 3.52. The van der Waals surface area contributed by atoms with Gasteiger partial charge < -0.3 is 10.5 Å². The van der Waals surface area contributed by atoms with Gasteiger partial charge in [-0.1, -0.05) is 20.8 Å². The van der Waals surface area contributed by atoms with E-state index in [1.165, 1.54) is 0 Å². The molecule has 0 bridgehead atoms. The fourth-order valence-corrected chi connectivity index (χ4v) is 0.495. The lowest BCUT2D eigenvalue weighted by Gasteiger charge is -2.26. The van der Waals surface area contributed by atoms with Gasteiger partial charge in [-0.2, -0.15) is 0 Å². The van der Waals surface area contributed by atoms with Crippen molar-refractivity contribution in [3.63, 3.8) is 0 Å². The van der Waals surface area contributed by atoms with Gasteiger partial charge in [-0.05, 0) is 12.3 Å². The summed E-state index contributed by atoms with van der Waals surface area (Å²) in [4.78, 5) is 0. The molecule has 0 saturated carbocycles. The molecule has 1 atom stereocenters. The van der Waals surface area contributed by atoms with E-state index in [-0.39, 0.29) is 11.5 Å². The van der Waals surface area contributed by atoms with E-state index in [1.807, 2.05) is 6.92 Å². The molecule has 0 aliphatic rings. The van der Waals surface area contributed by atoms with Crippen molar-refractivity contribution in [1.29, 1.82) is 0 Å². The van der Waals surface area contributed by atoms with Gasteiger partial charge in [-0.15, -0.1) is 0 Å². The Morgan fingerprint density at radius 1 is 1.40 bits per heavy atom. The zero-order valence-electron chi connectivity index (χ0n) is 7.48. The van der Waals surface area contributed by atoms with Gasteiger partial charge in [0.2, 0.25) is 0 Å². The van der Waals surface area contributed by atoms with Crippen LogP contribution in [0.2, 0.25) is 0 Å². The highest BCUT2D eigenvalue weighted by molar-refractivity contribution is 4.75. The summed E-state index contributed by atoms with van der Waals surface area (Å²) in [5.41, 5.74) is 5.97. The summed E-state index contributed by atoms with van der Waals surface area (Å²) < 4.78 is 5.20. The summed E-state index contributed by atoms with van der Waals surface area (Å²) in [5, 5.41) is 0. The first-order valence-electron chi connectivity index (χ1n) is 3.81. The molecule has 0 saturated heterocycles. The molecule has 0 heterocycles. The maximum absolute atomic E-state index is 5.81. The second-order valence-corrected chi connectivity index (χ2v) is 3.63. The number of hydrogen-bond acceptors (Lipinski definition) is 2. The standard InChI is InChI=1S/C8H19NO/c1-5-10-6-7(9)8(2,3)4/h7H,5-6,9H2,1-4H3. The van der Waals surface area contributed by atoms with Gasteiger partial charge in [0.1, 0.15) is 0 Å². The van der Waals surface area contributed by atoms with Gasteiger partial charge in [-0.3, -0.25) is 0 Å². The van der Waals surface area contributed by atoms with Crippen LogP contribution in [0.3, 0.4) is 0 Å². The molecule has 2 nitrogen and oxygen atoms in total. The zero-order chi connectivity index (χ0) is 8.20. The zero-order valence-corrected chi connectivity index (χ0v) is 7.48. The van der Waals surface area contributed by atoms with E-state index >= 15 is 0 Å². The molecule has 1 unspecified atom stereocenters. The normalized spacial score (nSPS) is 15.3. The quantitative estimate of drug-likeness (QED) is 0.651. The second kappa shape index (κ2) is 3.94. The van der Waals surface area contributed by atoms with Crippen molar-refractivity contribution >= 4 is 0 Å². The average Bonchev–Trinajstić information content (AvgIpc) is 1.80. The molecule has 0 aromatic carbocycles. The van der Waals surface area contributed by atoms with E-state index in [0.29, 0.717) is 6.61 Å². The van der Waals surface area contributed by atoms with Crippen LogP contribution < -0.4 is 5.73 Å². The highest BCUT2D eigenvalue weighted by Crippen LogP contribution is 2.16. The van der Waals surface area contributed by atoms with Gasteiger partial charge >= 0.3 is 0 Å². The number of rotatable bonds is 3. The van der Waals surface area contributed by atoms with Crippen molar-refractivity contribution < 1.29 is 4.74 Å². The van der Waals surface area contributed by atoms with Crippen molar-refractivity contribution in [2.24, 2.45) is 11.1 Å². The smallest absolute Gasteiger partial charge is 0.0622 e. The number of nitrogens with two attached hydrogens (primary N) is 1. The van der Waals surface area contributed by atoms with Crippen LogP contribution >= 0.6 is 0 Å². The van der Waals surface area contributed by atoms with E-state index in [0.717, 1.165) is 6.61 Å². The van der Waals surface area contributed by atoms with Gasteiger partial charge in [0.05, 0.1) is 6.61 Å². The molecule has 0 amide bonds. The Morgan fingerprint density at radius 2 is 1.90 bits per heavy atom. The van der Waals surface area contributed by atoms with Gasteiger partial charge in [0.25, 0.3) is 0 Å². The van der Waals surface area contributed by atoms with Crippen LogP contribution in [0.5, 0.6) is 0 Å². The van der Waals surface area contributed by atoms with Crippen molar-refractivity contribution in [2.45, 2.75) is 33.7 Å². The molecule has 0 aromatic rings. The minimum absolute atomic E-state index is 0.146. The van der Waals surface area contributed by atoms with Crippen LogP contribution in [-0.2, 0) is 4.74 Å². The molecule has 0 spiro atoms. The molecule has 2 heteroatoms. The third kappa shape index (κ3) is 3.85. The molecule has 2 N–H and O–H groups in total. The summed E-state index contributed by atoms with van der Waals surface area (Å²) in [6.45, 7) is 9.77. The van der Waals surface area contributed by atoms with E-state index in [1.54, 1.807) is 0 Å². The van der Waals surface area contributed by atoms with Crippen LogP contribution in [0.1, 0.15) is 27.7 Å². The van der Waals surface area contributed by atoms with Crippen LogP contribution in [0.25, 0.3) is 0 Å². The molecule has 0 aliphatic heterocycles. The summed E-state index contributed by atoms with van der Waals surface area (Å²) in [7, 11) is 0. The number of ether oxygens (including phenoxy) is 1. The Bertz CT molecular complexity index is 85.7. The topological polar surface area (TPSA) is 35.2 Å². The van der Waals surface area contributed by atoms with Crippen LogP contribution in [0.4, 0.5) is 0 Å². The van der Waals surface area contributed by atoms with Crippen LogP contribution in [-0.4, -0.2) is 19.3 Å². The average molecular weight is 145 g/mol. The summed E-state index contributed by atoms with van der Waals surface area (Å²) in [6.07, 6.45) is 0. The first-order chi connectivity index (χ1) is 4.48. The van der Waals surface area contributed by atoms with E-state index in [4.69, 9.17) is 10.5 Å². The molecule has 0 fully saturated rings. The van der Waals surface area contributed by atoms with Gasteiger partial charge in [-0.25, -0.2) is 0 Å². The van der Waals surface area contributed by atoms with Gasteiger partial charge in [0.15, 0.2) is 0 Å². The second-order valence-electron chi connectivity index (χ2n) is 3.63. The number of hydrogen-bond donors (Lipinski definition) is 1. The lowest BCUT2D eigenvalue weighted by atomic mass is 9.88. The minimum Gasteiger partial charge on any atom is -0.380 e. The predicted molar refractivity (Wildman–Crippen MR) is 43.9 cm³/mol. The summed E-state index contributed by atoms with van der Waals surface area (Å²) >= 11 is 0. The van der Waals surface area contributed by atoms with E-state index in [2.05, 4.69) is 20.8 Å². The molecule has 0 aromatic heterocycles. The monoisotopic (exact) mass is 145 g/mol. The van der Waals surface area contributed by atoms with Gasteiger partial charge in [0, 0.05) is 12.6 Å². The summed E-state index contributed by atoms with van der Waals surface area (Å²) in [5.74, 6) is 0. The van der Waals surface area contributed by atoms with Crippen molar-refractivity contribution in [2.75, 3.05) is 13.2 Å². The van der Waals surface area contributed by atoms with Crippen molar-refractivity contribution in [1.82, 2.24) is 0 Å². The largest absolute Gasteiger partial charge is 0.380 e. The lowest BCUT2D eigenvalue weighted by Crippen LogP contribution is -2.39. The SMILES string of the molecule is CCOCC(N)C(C)(C)C. The van der Waals surface area contributed by atoms with E-state index < -0.39 is 0 Å². The third-order valence-corrected chi connectivity index (χ3v) is 1.61. The van der Waals surface area contributed by atoms with Crippen LogP contribution in [0.15, 0.2) is 0 Å². The first-order valence-corrected chi connectivity index (χ1v) is 3.81. The Labute approximate surface area is 63.7 Å². The Hall–Kier alpha value is -0.0800. The maximum atomic E-state index is 5.81. The molecule has 10 heavy (non-hydrogen) atoms. The molecule has 0 aliphatic carbocycles. The third-order valence-electron chi connectivity index (χ3n) is 1.61. The maximum Gasteiger partial charge on any atom is 0.0622 e. The van der Waals surface area contributed by atoms with E-state index in [9.17, 15) is 0 Å². The van der Waals surface area contributed by atoms with Crippen LogP contribution in [0, 0.1) is 5.41 Å². The Morgan fingerprint density at radius 3 is 2.20 bits per heavy atom. The highest BCUT2D eigenvalue weighted by Gasteiger charge is 2.19. The molecular weight excluding hydrogens is 126 g/mol. The van der Waals surface area contributed by atoms with Crippen molar-refractivity contribution in [3.8, 4) is 0 Å². The summed E-state index contributed by atoms with van der Waals surface area (Å²) in [6, 6.07) is 0.146. The molecule has 0 radical (unpaired) electrons. The molecule has 62 valence electrons. The fourth-order valence-electron chi connectivity index (χ4n) is 0.495.